The minimum atomic E-state index is -0.557. The molecule has 1 aromatic carbocycles. The average Bonchev–Trinajstić information content (AvgIpc) is 2.15. The molecule has 0 aromatic heterocycles. The van der Waals surface area contributed by atoms with E-state index in [1.54, 1.807) is 30.3 Å². The Hall–Kier alpha value is -1.86. The topological polar surface area (TPSA) is 43.4 Å². The molecule has 1 aromatic rings. The number of hydrogen-bond donors (Lipinski definition) is 0. The molecule has 0 radical (unpaired) electrons. The number of esters is 1. The first-order valence-corrected chi connectivity index (χ1v) is 3.30. The molecule has 3 heteroatoms. The van der Waals surface area contributed by atoms with Crippen LogP contribution in [0.1, 0.15) is 10.4 Å². The van der Waals surface area contributed by atoms with Crippen molar-refractivity contribution in [3.63, 3.8) is 0 Å². The van der Waals surface area contributed by atoms with Gasteiger partial charge < -0.3 is 4.74 Å². The Kier molecular flexibility index (Phi) is 2.82. The lowest BCUT2D eigenvalue weighted by atomic mass is 10.2. The highest BCUT2D eigenvalue weighted by Gasteiger charge is 2.02. The van der Waals surface area contributed by atoms with Gasteiger partial charge in [-0.2, -0.15) is 0 Å². The van der Waals surface area contributed by atoms with Crippen LogP contribution < -0.4 is 0 Å². The van der Waals surface area contributed by atoms with E-state index < -0.39 is 5.97 Å². The van der Waals surface area contributed by atoms with Crippen LogP contribution >= 0.6 is 0 Å². The summed E-state index contributed by atoms with van der Waals surface area (Å²) in [7, 11) is 0. The first-order chi connectivity index (χ1) is 5.84. The fraction of sp³-hybridized carbons (Fsp3) is 0. The third-order valence-corrected chi connectivity index (χ3v) is 1.22. The van der Waals surface area contributed by atoms with Crippen LogP contribution in [0.5, 0.6) is 0 Å². The lowest BCUT2D eigenvalue weighted by molar-refractivity contribution is 0.0665. The lowest BCUT2D eigenvalue weighted by Gasteiger charge is -1.95. The van der Waals surface area contributed by atoms with Crippen molar-refractivity contribution < 1.29 is 14.3 Å². The molecule has 0 aliphatic carbocycles. The fourth-order valence-corrected chi connectivity index (χ4v) is 0.720. The van der Waals surface area contributed by atoms with Gasteiger partial charge in [-0.1, -0.05) is 18.2 Å². The summed E-state index contributed by atoms with van der Waals surface area (Å²) in [5, 5.41) is 0. The standard InChI is InChI=1S/C9H6O3/c10-6-7-12-9(11)8-4-2-1-3-5-8/h1-5,7H. The molecule has 0 spiro atoms. The SMILES string of the molecule is O=C=COC(=O)c1ccccc1. The van der Waals surface area contributed by atoms with Crippen molar-refractivity contribution in [1.29, 1.82) is 0 Å². The number of carbonyl (C=O) groups is 1. The third-order valence-electron chi connectivity index (χ3n) is 1.22. The van der Waals surface area contributed by atoms with Gasteiger partial charge in [0.25, 0.3) is 0 Å². The third kappa shape index (κ3) is 2.08. The van der Waals surface area contributed by atoms with Gasteiger partial charge in [0.1, 0.15) is 0 Å². The van der Waals surface area contributed by atoms with Crippen molar-refractivity contribution in [3.8, 4) is 0 Å². The van der Waals surface area contributed by atoms with Crippen LogP contribution in [0.4, 0.5) is 0 Å². The molecule has 0 fully saturated rings. The van der Waals surface area contributed by atoms with Crippen molar-refractivity contribution in [2.24, 2.45) is 0 Å². The smallest absolute Gasteiger partial charge is 0.343 e. The van der Waals surface area contributed by atoms with E-state index >= 15 is 0 Å². The normalized spacial score (nSPS) is 8.33. The van der Waals surface area contributed by atoms with Crippen molar-refractivity contribution >= 4 is 11.9 Å². The molecule has 0 bridgehead atoms. The zero-order valence-corrected chi connectivity index (χ0v) is 6.19. The van der Waals surface area contributed by atoms with Gasteiger partial charge >= 0.3 is 5.97 Å². The number of hydrogen-bond acceptors (Lipinski definition) is 3. The Morgan fingerprint density at radius 2 is 2.00 bits per heavy atom. The summed E-state index contributed by atoms with van der Waals surface area (Å²) in [6, 6.07) is 8.40. The van der Waals surface area contributed by atoms with E-state index in [-0.39, 0.29) is 0 Å². The molecule has 12 heavy (non-hydrogen) atoms. The predicted octanol–water partition coefficient (Wildman–Crippen LogP) is 1.19. The van der Waals surface area contributed by atoms with Crippen molar-refractivity contribution in [2.75, 3.05) is 0 Å². The van der Waals surface area contributed by atoms with Crippen LogP contribution in [-0.2, 0) is 9.53 Å². The maximum atomic E-state index is 11.0. The molecule has 0 unspecified atom stereocenters. The quantitative estimate of drug-likeness (QED) is 0.372. The molecule has 0 aliphatic heterocycles. The first-order valence-electron chi connectivity index (χ1n) is 3.30. The molecule has 3 nitrogen and oxygen atoms in total. The van der Waals surface area contributed by atoms with E-state index in [9.17, 15) is 9.59 Å². The maximum absolute atomic E-state index is 11.0. The molecule has 0 saturated heterocycles. The second kappa shape index (κ2) is 4.11. The van der Waals surface area contributed by atoms with Gasteiger partial charge in [0, 0.05) is 0 Å². The summed E-state index contributed by atoms with van der Waals surface area (Å²) in [4.78, 5) is 20.7. The van der Waals surface area contributed by atoms with Gasteiger partial charge in [0.2, 0.25) is 0 Å². The predicted molar refractivity (Wildman–Crippen MR) is 42.1 cm³/mol. The van der Waals surface area contributed by atoms with E-state index in [0.717, 1.165) is 0 Å². The minimum absolute atomic E-state index is 0.406. The molecule has 1 rings (SSSR count). The summed E-state index contributed by atoms with van der Waals surface area (Å²) in [6.45, 7) is 0. The molecule has 0 heterocycles. The van der Waals surface area contributed by atoms with Crippen LogP contribution in [0.15, 0.2) is 36.6 Å². The fourth-order valence-electron chi connectivity index (χ4n) is 0.720. The monoisotopic (exact) mass is 162 g/mol. The van der Waals surface area contributed by atoms with E-state index in [0.29, 0.717) is 11.8 Å². The van der Waals surface area contributed by atoms with E-state index in [4.69, 9.17) is 0 Å². The molecule has 60 valence electrons. The Morgan fingerprint density at radius 3 is 2.58 bits per heavy atom. The Balaban J connectivity index is 2.72. The molecule has 0 amide bonds. The van der Waals surface area contributed by atoms with Gasteiger partial charge in [0.05, 0.1) is 5.56 Å². The van der Waals surface area contributed by atoms with E-state index in [2.05, 4.69) is 4.74 Å². The highest BCUT2D eigenvalue weighted by Crippen LogP contribution is 2.00. The molecule has 0 saturated carbocycles. The second-order valence-electron chi connectivity index (χ2n) is 2.01. The summed E-state index contributed by atoms with van der Waals surface area (Å²) in [6.07, 6.45) is 0.690. The zero-order chi connectivity index (χ0) is 8.81. The van der Waals surface area contributed by atoms with Gasteiger partial charge in [-0.15, -0.1) is 0 Å². The van der Waals surface area contributed by atoms with Gasteiger partial charge in [-0.3, -0.25) is 0 Å². The van der Waals surface area contributed by atoms with Crippen LogP contribution in [-0.4, -0.2) is 11.9 Å². The summed E-state index contributed by atoms with van der Waals surface area (Å²) in [5.41, 5.74) is 0.406. The van der Waals surface area contributed by atoms with Gasteiger partial charge in [-0.05, 0) is 12.1 Å². The second-order valence-corrected chi connectivity index (χ2v) is 2.01. The van der Waals surface area contributed by atoms with E-state index in [1.807, 2.05) is 0 Å². The number of carbonyl (C=O) groups excluding carboxylic acids is 2. The maximum Gasteiger partial charge on any atom is 0.343 e. The first kappa shape index (κ1) is 8.24. The van der Waals surface area contributed by atoms with Crippen LogP contribution in [0.25, 0.3) is 0 Å². The minimum Gasteiger partial charge on any atom is -0.419 e. The number of benzene rings is 1. The average molecular weight is 162 g/mol. The summed E-state index contributed by atoms with van der Waals surface area (Å²) in [5.74, 6) is 0.794. The van der Waals surface area contributed by atoms with Crippen LogP contribution in [0, 0.1) is 0 Å². The molecule has 0 atom stereocenters. The largest absolute Gasteiger partial charge is 0.419 e. The summed E-state index contributed by atoms with van der Waals surface area (Å²) >= 11 is 0. The lowest BCUT2D eigenvalue weighted by Crippen LogP contribution is -1.99. The highest BCUT2D eigenvalue weighted by molar-refractivity contribution is 5.90. The summed E-state index contributed by atoms with van der Waals surface area (Å²) < 4.78 is 4.39. The molecular weight excluding hydrogens is 156 g/mol. The van der Waals surface area contributed by atoms with Crippen molar-refractivity contribution in [3.05, 3.63) is 42.2 Å². The van der Waals surface area contributed by atoms with Crippen molar-refractivity contribution in [1.82, 2.24) is 0 Å². The Bertz CT molecular complexity index is 310. The van der Waals surface area contributed by atoms with Gasteiger partial charge in [-0.25, -0.2) is 9.59 Å². The van der Waals surface area contributed by atoms with E-state index in [1.165, 1.54) is 5.94 Å². The highest BCUT2D eigenvalue weighted by atomic mass is 16.5. The molecule has 0 N–H and O–H groups in total. The van der Waals surface area contributed by atoms with Crippen LogP contribution in [0.2, 0.25) is 0 Å². The van der Waals surface area contributed by atoms with Crippen LogP contribution in [0.3, 0.4) is 0 Å². The zero-order valence-electron chi connectivity index (χ0n) is 6.19. The Labute approximate surface area is 69.3 Å². The number of rotatable bonds is 2. The molecular formula is C9H6O3. The van der Waals surface area contributed by atoms with Gasteiger partial charge in [0.15, 0.2) is 12.2 Å². The number of ether oxygens (including phenoxy) is 1. The molecule has 0 aliphatic rings. The van der Waals surface area contributed by atoms with Crippen molar-refractivity contribution in [2.45, 2.75) is 0 Å². The Morgan fingerprint density at radius 1 is 1.33 bits per heavy atom.